The summed E-state index contributed by atoms with van der Waals surface area (Å²) in [4.78, 5) is 0. The van der Waals surface area contributed by atoms with E-state index in [1.54, 1.807) is 0 Å². The van der Waals surface area contributed by atoms with E-state index in [2.05, 4.69) is 26.1 Å². The van der Waals surface area contributed by atoms with Crippen LogP contribution in [0, 0.1) is 5.41 Å². The Bertz CT molecular complexity index is 170. The minimum atomic E-state index is 0.599. The SMILES string of the molecule is CCCCCCC(NCC)C1(C)CCCC1. The standard InChI is InChI=1S/C15H31N/c1-4-6-7-8-11-14(16-5-2)15(3)12-9-10-13-15/h14,16H,4-13H2,1-3H3. The minimum absolute atomic E-state index is 0.599. The molecular weight excluding hydrogens is 194 g/mol. The van der Waals surface area contributed by atoms with Gasteiger partial charge in [0.05, 0.1) is 0 Å². The molecule has 0 aromatic rings. The third-order valence-corrected chi connectivity index (χ3v) is 4.38. The van der Waals surface area contributed by atoms with Gasteiger partial charge in [0, 0.05) is 6.04 Å². The number of nitrogens with one attached hydrogen (secondary N) is 1. The first-order valence-electron chi connectivity index (χ1n) is 7.46. The van der Waals surface area contributed by atoms with E-state index in [0.717, 1.165) is 12.6 Å². The van der Waals surface area contributed by atoms with E-state index < -0.39 is 0 Å². The largest absolute Gasteiger partial charge is 0.314 e. The summed E-state index contributed by atoms with van der Waals surface area (Å²) in [7, 11) is 0. The van der Waals surface area contributed by atoms with Crippen LogP contribution in [0.15, 0.2) is 0 Å². The highest BCUT2D eigenvalue weighted by atomic mass is 14.9. The van der Waals surface area contributed by atoms with Gasteiger partial charge in [-0.15, -0.1) is 0 Å². The molecule has 1 nitrogen and oxygen atoms in total. The molecule has 1 fully saturated rings. The minimum Gasteiger partial charge on any atom is -0.314 e. The van der Waals surface area contributed by atoms with Gasteiger partial charge in [0.2, 0.25) is 0 Å². The highest BCUT2D eigenvalue weighted by Crippen LogP contribution is 2.42. The zero-order valence-electron chi connectivity index (χ0n) is 11.6. The Hall–Kier alpha value is -0.0400. The molecule has 1 aliphatic rings. The molecule has 0 amide bonds. The zero-order valence-corrected chi connectivity index (χ0v) is 11.6. The van der Waals surface area contributed by atoms with Crippen LogP contribution < -0.4 is 5.32 Å². The van der Waals surface area contributed by atoms with E-state index in [1.165, 1.54) is 57.8 Å². The summed E-state index contributed by atoms with van der Waals surface area (Å²) in [5.74, 6) is 0. The fourth-order valence-electron chi connectivity index (χ4n) is 3.25. The van der Waals surface area contributed by atoms with Crippen LogP contribution in [0.5, 0.6) is 0 Å². The summed E-state index contributed by atoms with van der Waals surface area (Å²) in [6.07, 6.45) is 12.8. The third kappa shape index (κ3) is 4.08. The van der Waals surface area contributed by atoms with Gasteiger partial charge in [-0.1, -0.05) is 59.3 Å². The van der Waals surface area contributed by atoms with Crippen molar-refractivity contribution >= 4 is 0 Å². The number of hydrogen-bond acceptors (Lipinski definition) is 1. The normalized spacial score (nSPS) is 21.2. The zero-order chi connectivity index (χ0) is 11.9. The lowest BCUT2D eigenvalue weighted by molar-refractivity contribution is 0.208. The molecule has 1 unspecified atom stereocenters. The quantitative estimate of drug-likeness (QED) is 0.599. The van der Waals surface area contributed by atoms with Crippen molar-refractivity contribution in [1.82, 2.24) is 5.32 Å². The Kier molecular flexibility index (Phi) is 6.41. The summed E-state index contributed by atoms with van der Waals surface area (Å²) in [6.45, 7) is 8.18. The fraction of sp³-hybridized carbons (Fsp3) is 1.00. The van der Waals surface area contributed by atoms with Crippen LogP contribution in [-0.2, 0) is 0 Å². The third-order valence-electron chi connectivity index (χ3n) is 4.38. The number of rotatable bonds is 8. The maximum absolute atomic E-state index is 3.74. The molecule has 0 aliphatic heterocycles. The summed E-state index contributed by atoms with van der Waals surface area (Å²) < 4.78 is 0. The average molecular weight is 225 g/mol. The van der Waals surface area contributed by atoms with Crippen molar-refractivity contribution in [1.29, 1.82) is 0 Å². The van der Waals surface area contributed by atoms with Crippen LogP contribution in [0.3, 0.4) is 0 Å². The summed E-state index contributed by atoms with van der Waals surface area (Å²) in [5, 5.41) is 3.74. The van der Waals surface area contributed by atoms with E-state index in [4.69, 9.17) is 0 Å². The Morgan fingerprint density at radius 3 is 2.31 bits per heavy atom. The molecule has 0 spiro atoms. The molecule has 16 heavy (non-hydrogen) atoms. The second kappa shape index (κ2) is 7.32. The van der Waals surface area contributed by atoms with E-state index >= 15 is 0 Å². The first-order valence-corrected chi connectivity index (χ1v) is 7.46. The lowest BCUT2D eigenvalue weighted by atomic mass is 9.78. The van der Waals surface area contributed by atoms with Crippen LogP contribution in [0.1, 0.15) is 78.6 Å². The first kappa shape index (κ1) is 14.0. The van der Waals surface area contributed by atoms with Crippen molar-refractivity contribution in [3.8, 4) is 0 Å². The van der Waals surface area contributed by atoms with Crippen LogP contribution in [0.4, 0.5) is 0 Å². The van der Waals surface area contributed by atoms with Gasteiger partial charge in [-0.05, 0) is 31.2 Å². The van der Waals surface area contributed by atoms with Gasteiger partial charge in [-0.2, -0.15) is 0 Å². The molecule has 0 saturated heterocycles. The van der Waals surface area contributed by atoms with Crippen LogP contribution in [0.25, 0.3) is 0 Å². The molecule has 1 aliphatic carbocycles. The Morgan fingerprint density at radius 1 is 1.06 bits per heavy atom. The fourth-order valence-corrected chi connectivity index (χ4v) is 3.25. The van der Waals surface area contributed by atoms with E-state index in [-0.39, 0.29) is 0 Å². The molecule has 0 aromatic heterocycles. The van der Waals surface area contributed by atoms with Gasteiger partial charge < -0.3 is 5.32 Å². The molecule has 1 saturated carbocycles. The van der Waals surface area contributed by atoms with Crippen molar-refractivity contribution in [3.63, 3.8) is 0 Å². The van der Waals surface area contributed by atoms with Crippen molar-refractivity contribution in [3.05, 3.63) is 0 Å². The smallest absolute Gasteiger partial charge is 0.0121 e. The van der Waals surface area contributed by atoms with Crippen molar-refractivity contribution in [2.45, 2.75) is 84.6 Å². The summed E-state index contributed by atoms with van der Waals surface area (Å²) in [6, 6.07) is 0.775. The monoisotopic (exact) mass is 225 g/mol. The number of hydrogen-bond donors (Lipinski definition) is 1. The van der Waals surface area contributed by atoms with Gasteiger partial charge in [-0.25, -0.2) is 0 Å². The van der Waals surface area contributed by atoms with Crippen LogP contribution in [-0.4, -0.2) is 12.6 Å². The highest BCUT2D eigenvalue weighted by molar-refractivity contribution is 4.91. The topological polar surface area (TPSA) is 12.0 Å². The lowest BCUT2D eigenvalue weighted by Gasteiger charge is -2.35. The molecular formula is C15H31N. The molecule has 0 heterocycles. The molecule has 1 N–H and O–H groups in total. The van der Waals surface area contributed by atoms with Gasteiger partial charge in [0.15, 0.2) is 0 Å². The van der Waals surface area contributed by atoms with Gasteiger partial charge in [0.25, 0.3) is 0 Å². The second-order valence-electron chi connectivity index (χ2n) is 5.82. The Labute approximate surface area is 102 Å². The van der Waals surface area contributed by atoms with Crippen molar-refractivity contribution in [2.24, 2.45) is 5.41 Å². The maximum atomic E-state index is 3.74. The Morgan fingerprint density at radius 2 is 1.75 bits per heavy atom. The molecule has 1 atom stereocenters. The van der Waals surface area contributed by atoms with Crippen LogP contribution >= 0.6 is 0 Å². The van der Waals surface area contributed by atoms with E-state index in [1.807, 2.05) is 0 Å². The molecule has 0 bridgehead atoms. The predicted molar refractivity (Wildman–Crippen MR) is 72.8 cm³/mol. The summed E-state index contributed by atoms with van der Waals surface area (Å²) >= 11 is 0. The highest BCUT2D eigenvalue weighted by Gasteiger charge is 2.35. The summed E-state index contributed by atoms with van der Waals surface area (Å²) in [5.41, 5.74) is 0.599. The van der Waals surface area contributed by atoms with Crippen molar-refractivity contribution in [2.75, 3.05) is 6.54 Å². The lowest BCUT2D eigenvalue weighted by Crippen LogP contribution is -2.42. The van der Waals surface area contributed by atoms with E-state index in [9.17, 15) is 0 Å². The molecule has 1 heteroatoms. The molecule has 0 aromatic carbocycles. The van der Waals surface area contributed by atoms with Crippen molar-refractivity contribution < 1.29 is 0 Å². The second-order valence-corrected chi connectivity index (χ2v) is 5.82. The number of unbranched alkanes of at least 4 members (excludes halogenated alkanes) is 3. The van der Waals surface area contributed by atoms with Gasteiger partial charge >= 0.3 is 0 Å². The van der Waals surface area contributed by atoms with E-state index in [0.29, 0.717) is 5.41 Å². The van der Waals surface area contributed by atoms with Crippen LogP contribution in [0.2, 0.25) is 0 Å². The van der Waals surface area contributed by atoms with Gasteiger partial charge in [-0.3, -0.25) is 0 Å². The molecule has 0 radical (unpaired) electrons. The van der Waals surface area contributed by atoms with Gasteiger partial charge in [0.1, 0.15) is 0 Å². The maximum Gasteiger partial charge on any atom is 0.0121 e. The predicted octanol–water partition coefficient (Wildman–Crippen LogP) is 4.52. The first-order chi connectivity index (χ1) is 7.73. The molecule has 96 valence electrons. The Balaban J connectivity index is 2.34. The average Bonchev–Trinajstić information content (AvgIpc) is 2.71. The molecule has 1 rings (SSSR count).